The second-order valence-corrected chi connectivity index (χ2v) is 6.71. The number of nitrogens with one attached hydrogen (secondary N) is 1. The smallest absolute Gasteiger partial charge is 0.266 e. The molecule has 0 spiro atoms. The molecule has 1 aromatic carbocycles. The van der Waals surface area contributed by atoms with Crippen LogP contribution in [0.25, 0.3) is 10.1 Å². The van der Waals surface area contributed by atoms with Gasteiger partial charge in [0.05, 0.1) is 11.2 Å². The van der Waals surface area contributed by atoms with Crippen LogP contribution in [0.3, 0.4) is 0 Å². The van der Waals surface area contributed by atoms with Gasteiger partial charge in [0.2, 0.25) is 0 Å². The predicted molar refractivity (Wildman–Crippen MR) is 91.0 cm³/mol. The van der Waals surface area contributed by atoms with E-state index in [1.54, 1.807) is 17.6 Å². The van der Waals surface area contributed by atoms with Gasteiger partial charge in [-0.25, -0.2) is 5.43 Å². The summed E-state index contributed by atoms with van der Waals surface area (Å²) in [4.78, 5) is 12.6. The Hall–Kier alpha value is -1.69. The van der Waals surface area contributed by atoms with Crippen molar-refractivity contribution in [3.8, 4) is 0 Å². The molecule has 3 rings (SSSR count). The van der Waals surface area contributed by atoms with Gasteiger partial charge < -0.3 is 0 Å². The van der Waals surface area contributed by atoms with Crippen LogP contribution in [0.2, 0.25) is 5.02 Å². The minimum Gasteiger partial charge on any atom is -0.266 e. The standard InChI is InChI=1S/C15H11ClN2OS2/c1-9-2-3-11-12(6-9)21-14(13(11)16)15(19)18-17-7-10-4-5-20-8-10/h2-8H,1H3,(H,18,19)/b17-7+. The first-order valence-electron chi connectivity index (χ1n) is 6.19. The summed E-state index contributed by atoms with van der Waals surface area (Å²) in [5.41, 5.74) is 4.61. The molecular weight excluding hydrogens is 324 g/mol. The number of carbonyl (C=O) groups excluding carboxylic acids is 1. The fourth-order valence-corrected chi connectivity index (χ4v) is 4.00. The van der Waals surface area contributed by atoms with Gasteiger partial charge in [-0.3, -0.25) is 4.79 Å². The van der Waals surface area contributed by atoms with Crippen molar-refractivity contribution >= 4 is 56.5 Å². The molecule has 0 saturated carbocycles. The van der Waals surface area contributed by atoms with Crippen molar-refractivity contribution < 1.29 is 4.79 Å². The molecule has 6 heteroatoms. The van der Waals surface area contributed by atoms with Crippen molar-refractivity contribution in [2.24, 2.45) is 5.10 Å². The number of hydrazone groups is 1. The Balaban J connectivity index is 1.83. The molecule has 1 N–H and O–H groups in total. The van der Waals surface area contributed by atoms with Crippen molar-refractivity contribution in [1.29, 1.82) is 0 Å². The Labute approximate surface area is 134 Å². The molecule has 0 fully saturated rings. The van der Waals surface area contributed by atoms with E-state index in [9.17, 15) is 4.79 Å². The van der Waals surface area contributed by atoms with Gasteiger partial charge in [0.1, 0.15) is 4.88 Å². The number of carbonyl (C=O) groups is 1. The first kappa shape index (κ1) is 14.3. The molecule has 21 heavy (non-hydrogen) atoms. The summed E-state index contributed by atoms with van der Waals surface area (Å²) < 4.78 is 1.01. The van der Waals surface area contributed by atoms with Gasteiger partial charge in [0.25, 0.3) is 5.91 Å². The fourth-order valence-electron chi connectivity index (χ4n) is 1.88. The van der Waals surface area contributed by atoms with Gasteiger partial charge in [0.15, 0.2) is 0 Å². The lowest BCUT2D eigenvalue weighted by atomic mass is 10.2. The topological polar surface area (TPSA) is 41.5 Å². The van der Waals surface area contributed by atoms with Crippen molar-refractivity contribution in [2.75, 3.05) is 0 Å². The van der Waals surface area contributed by atoms with Gasteiger partial charge in [-0.05, 0) is 35.4 Å². The lowest BCUT2D eigenvalue weighted by Crippen LogP contribution is -2.16. The number of amides is 1. The zero-order chi connectivity index (χ0) is 14.8. The highest BCUT2D eigenvalue weighted by Gasteiger charge is 2.16. The van der Waals surface area contributed by atoms with Gasteiger partial charge in [-0.15, -0.1) is 11.3 Å². The van der Waals surface area contributed by atoms with Crippen LogP contribution in [0.1, 0.15) is 20.8 Å². The molecule has 0 bridgehead atoms. The van der Waals surface area contributed by atoms with Crippen LogP contribution in [-0.2, 0) is 0 Å². The Morgan fingerprint density at radius 1 is 1.38 bits per heavy atom. The number of halogens is 1. The highest BCUT2D eigenvalue weighted by molar-refractivity contribution is 7.21. The van der Waals surface area contributed by atoms with E-state index in [1.807, 2.05) is 41.9 Å². The second kappa shape index (κ2) is 5.97. The molecule has 0 unspecified atom stereocenters. The minimum atomic E-state index is -0.287. The normalized spacial score (nSPS) is 11.3. The maximum Gasteiger partial charge on any atom is 0.283 e. The van der Waals surface area contributed by atoms with E-state index < -0.39 is 0 Å². The number of rotatable bonds is 3. The van der Waals surface area contributed by atoms with Gasteiger partial charge in [-0.2, -0.15) is 16.4 Å². The maximum absolute atomic E-state index is 12.2. The lowest BCUT2D eigenvalue weighted by molar-refractivity contribution is 0.0959. The number of fused-ring (bicyclic) bond motifs is 1. The molecule has 0 aliphatic heterocycles. The van der Waals surface area contributed by atoms with Crippen LogP contribution >= 0.6 is 34.3 Å². The average Bonchev–Trinajstić information content (AvgIpc) is 3.07. The quantitative estimate of drug-likeness (QED) is 0.548. The zero-order valence-corrected chi connectivity index (χ0v) is 13.5. The lowest BCUT2D eigenvalue weighted by Gasteiger charge is -1.96. The molecule has 106 valence electrons. The summed E-state index contributed by atoms with van der Waals surface area (Å²) in [7, 11) is 0. The van der Waals surface area contributed by atoms with E-state index in [4.69, 9.17) is 11.6 Å². The molecule has 0 aliphatic rings. The van der Waals surface area contributed by atoms with Crippen molar-refractivity contribution in [2.45, 2.75) is 6.92 Å². The van der Waals surface area contributed by atoms with Crippen LogP contribution in [0.4, 0.5) is 0 Å². The van der Waals surface area contributed by atoms with E-state index >= 15 is 0 Å². The molecule has 2 heterocycles. The molecule has 3 aromatic rings. The third-order valence-corrected chi connectivity index (χ3v) is 5.27. The summed E-state index contributed by atoms with van der Waals surface area (Å²) in [6.45, 7) is 2.01. The SMILES string of the molecule is Cc1ccc2c(Cl)c(C(=O)N/N=C/c3ccsc3)sc2c1. The highest BCUT2D eigenvalue weighted by Crippen LogP contribution is 2.35. The largest absolute Gasteiger partial charge is 0.283 e. The van der Waals surface area contributed by atoms with Crippen LogP contribution in [0.5, 0.6) is 0 Å². The maximum atomic E-state index is 12.2. The number of thiophene rings is 2. The molecule has 0 saturated heterocycles. The molecule has 1 amide bonds. The zero-order valence-electron chi connectivity index (χ0n) is 11.1. The van der Waals surface area contributed by atoms with E-state index in [1.165, 1.54) is 11.3 Å². The number of nitrogens with zero attached hydrogens (tertiary/aromatic N) is 1. The van der Waals surface area contributed by atoms with Crippen LogP contribution < -0.4 is 5.43 Å². The van der Waals surface area contributed by atoms with Crippen LogP contribution in [0.15, 0.2) is 40.1 Å². The fraction of sp³-hybridized carbons (Fsp3) is 0.0667. The highest BCUT2D eigenvalue weighted by atomic mass is 35.5. The van der Waals surface area contributed by atoms with E-state index in [2.05, 4.69) is 10.5 Å². The average molecular weight is 335 g/mol. The third kappa shape index (κ3) is 3.00. The summed E-state index contributed by atoms with van der Waals surface area (Å²) in [6.07, 6.45) is 1.61. The summed E-state index contributed by atoms with van der Waals surface area (Å²) >= 11 is 9.24. The Kier molecular flexibility index (Phi) is 4.05. The Morgan fingerprint density at radius 2 is 2.24 bits per heavy atom. The van der Waals surface area contributed by atoms with Gasteiger partial charge in [-0.1, -0.05) is 23.7 Å². The van der Waals surface area contributed by atoms with Gasteiger partial charge in [0, 0.05) is 15.6 Å². The van der Waals surface area contributed by atoms with Gasteiger partial charge >= 0.3 is 0 Å². The van der Waals surface area contributed by atoms with E-state index in [0.717, 1.165) is 21.2 Å². The van der Waals surface area contributed by atoms with Crippen molar-refractivity contribution in [3.05, 3.63) is 56.1 Å². The third-order valence-electron chi connectivity index (χ3n) is 2.91. The van der Waals surface area contributed by atoms with Crippen LogP contribution in [0, 0.1) is 6.92 Å². The van der Waals surface area contributed by atoms with Crippen molar-refractivity contribution in [3.63, 3.8) is 0 Å². The van der Waals surface area contributed by atoms with Crippen LogP contribution in [-0.4, -0.2) is 12.1 Å². The number of aryl methyl sites for hydroxylation is 1. The van der Waals surface area contributed by atoms with E-state index in [0.29, 0.717) is 9.90 Å². The Morgan fingerprint density at radius 3 is 3.00 bits per heavy atom. The molecule has 2 aromatic heterocycles. The first-order valence-corrected chi connectivity index (χ1v) is 8.33. The predicted octanol–water partition coefficient (Wildman–Crippen LogP) is 4.69. The van der Waals surface area contributed by atoms with Crippen molar-refractivity contribution in [1.82, 2.24) is 5.43 Å². The molecular formula is C15H11ClN2OS2. The first-order chi connectivity index (χ1) is 10.1. The summed E-state index contributed by atoms with van der Waals surface area (Å²) in [6, 6.07) is 7.87. The molecule has 0 aliphatic carbocycles. The number of benzene rings is 1. The minimum absolute atomic E-state index is 0.287. The molecule has 0 radical (unpaired) electrons. The second-order valence-electron chi connectivity index (χ2n) is 4.50. The van der Waals surface area contributed by atoms with E-state index in [-0.39, 0.29) is 5.91 Å². The molecule has 0 atom stereocenters. The number of hydrogen-bond donors (Lipinski definition) is 1. The Bertz CT molecular complexity index is 822. The summed E-state index contributed by atoms with van der Waals surface area (Å²) in [5, 5.41) is 9.24. The molecule has 3 nitrogen and oxygen atoms in total. The number of hydrogen-bond acceptors (Lipinski definition) is 4. The summed E-state index contributed by atoms with van der Waals surface area (Å²) in [5.74, 6) is -0.287. The monoisotopic (exact) mass is 334 g/mol.